The van der Waals surface area contributed by atoms with Crippen LogP contribution in [0.4, 0.5) is 10.1 Å². The number of nitrogens with zero attached hydrogens (tertiary/aromatic N) is 6. The minimum atomic E-state index is -0.279. The third-order valence-corrected chi connectivity index (χ3v) is 6.99. The van der Waals surface area contributed by atoms with Crippen LogP contribution in [-0.4, -0.2) is 44.6 Å². The van der Waals surface area contributed by atoms with Gasteiger partial charge in [0, 0.05) is 44.5 Å². The predicted octanol–water partition coefficient (Wildman–Crippen LogP) is 4.03. The molecule has 0 amide bonds. The first-order valence-corrected chi connectivity index (χ1v) is 12.0. The second kappa shape index (κ2) is 9.51. The maximum Gasteiger partial charge on any atom is 0.252 e. The Labute approximate surface area is 209 Å². The van der Waals surface area contributed by atoms with E-state index in [2.05, 4.69) is 39.7 Å². The summed E-state index contributed by atoms with van der Waals surface area (Å²) >= 11 is 0. The lowest BCUT2D eigenvalue weighted by Gasteiger charge is -2.48. The summed E-state index contributed by atoms with van der Waals surface area (Å²) < 4.78 is 15.8. The van der Waals surface area contributed by atoms with Crippen LogP contribution in [0.25, 0.3) is 11.0 Å². The molecule has 0 spiro atoms. The van der Waals surface area contributed by atoms with Gasteiger partial charge in [-0.3, -0.25) is 14.7 Å². The molecule has 1 aromatic carbocycles. The Morgan fingerprint density at radius 3 is 2.61 bits per heavy atom. The summed E-state index contributed by atoms with van der Waals surface area (Å²) in [7, 11) is 1.71. The maximum atomic E-state index is 14.2. The summed E-state index contributed by atoms with van der Waals surface area (Å²) in [4.78, 5) is 26.5. The highest BCUT2D eigenvalue weighted by Gasteiger charge is 2.36. The van der Waals surface area contributed by atoms with E-state index in [1.807, 2.05) is 24.3 Å². The van der Waals surface area contributed by atoms with Gasteiger partial charge in [-0.1, -0.05) is 18.2 Å². The molecule has 182 valence electrons. The molecule has 1 aliphatic rings. The Balaban J connectivity index is 1.56. The van der Waals surface area contributed by atoms with Gasteiger partial charge in [-0.15, -0.1) is 0 Å². The van der Waals surface area contributed by atoms with E-state index in [9.17, 15) is 14.4 Å². The van der Waals surface area contributed by atoms with Gasteiger partial charge in [-0.05, 0) is 55.8 Å². The number of aromatic nitrogens is 3. The molecular formula is C28H27FN6O. The molecular weight excluding hydrogens is 455 g/mol. The molecule has 36 heavy (non-hydrogen) atoms. The highest BCUT2D eigenvalue weighted by atomic mass is 19.1. The fourth-order valence-corrected chi connectivity index (χ4v) is 5.19. The quantitative estimate of drug-likeness (QED) is 0.437. The van der Waals surface area contributed by atoms with Crippen LogP contribution in [0.3, 0.4) is 0 Å². The number of fused-ring (bicyclic) bond motifs is 1. The molecule has 7 nitrogen and oxygen atoms in total. The first-order chi connectivity index (χ1) is 17.4. The topological polar surface area (TPSA) is 78.0 Å². The summed E-state index contributed by atoms with van der Waals surface area (Å²) in [5.41, 5.74) is 3.93. The summed E-state index contributed by atoms with van der Waals surface area (Å²) in [6.45, 7) is 5.52. The lowest BCUT2D eigenvalue weighted by Crippen LogP contribution is -2.57. The van der Waals surface area contributed by atoms with Crippen molar-refractivity contribution in [2.24, 2.45) is 7.05 Å². The van der Waals surface area contributed by atoms with E-state index in [1.165, 1.54) is 6.07 Å². The second-order valence-electron chi connectivity index (χ2n) is 9.36. The highest BCUT2D eigenvalue weighted by molar-refractivity contribution is 5.89. The lowest BCUT2D eigenvalue weighted by atomic mass is 9.96. The van der Waals surface area contributed by atoms with Crippen LogP contribution in [0, 0.1) is 17.1 Å². The molecule has 5 rings (SSSR count). The van der Waals surface area contributed by atoms with Crippen molar-refractivity contribution in [1.29, 1.82) is 5.26 Å². The summed E-state index contributed by atoms with van der Waals surface area (Å²) in [5, 5.41) is 9.41. The third kappa shape index (κ3) is 4.23. The Morgan fingerprint density at radius 2 is 1.89 bits per heavy atom. The Kier molecular flexibility index (Phi) is 6.25. The lowest BCUT2D eigenvalue weighted by molar-refractivity contribution is 0.127. The number of nitriles is 1. The van der Waals surface area contributed by atoms with Crippen molar-refractivity contribution in [1.82, 2.24) is 19.4 Å². The zero-order chi connectivity index (χ0) is 25.4. The van der Waals surface area contributed by atoms with Gasteiger partial charge >= 0.3 is 0 Å². The summed E-state index contributed by atoms with van der Waals surface area (Å²) in [6.07, 6.45) is 1.76. The Bertz CT molecular complexity index is 1510. The molecule has 0 aliphatic carbocycles. The highest BCUT2D eigenvalue weighted by Crippen LogP contribution is 2.35. The van der Waals surface area contributed by atoms with Gasteiger partial charge < -0.3 is 9.47 Å². The monoisotopic (exact) mass is 482 g/mol. The van der Waals surface area contributed by atoms with Crippen LogP contribution in [-0.2, 0) is 7.05 Å². The van der Waals surface area contributed by atoms with Crippen molar-refractivity contribution in [3.63, 3.8) is 0 Å². The van der Waals surface area contributed by atoms with Crippen molar-refractivity contribution >= 4 is 16.7 Å². The second-order valence-corrected chi connectivity index (χ2v) is 9.36. The molecule has 1 saturated heterocycles. The van der Waals surface area contributed by atoms with Gasteiger partial charge in [0.1, 0.15) is 23.1 Å². The number of anilines is 1. The van der Waals surface area contributed by atoms with Crippen molar-refractivity contribution in [2.75, 3.05) is 18.0 Å². The number of pyridine rings is 3. The molecule has 0 N–H and O–H groups in total. The third-order valence-electron chi connectivity index (χ3n) is 6.99. The zero-order valence-corrected chi connectivity index (χ0v) is 20.5. The zero-order valence-electron chi connectivity index (χ0n) is 20.5. The maximum absolute atomic E-state index is 14.2. The van der Waals surface area contributed by atoms with Crippen LogP contribution in [0.5, 0.6) is 0 Å². The number of benzene rings is 1. The number of rotatable bonds is 4. The first kappa shape index (κ1) is 23.6. The average Bonchev–Trinajstić information content (AvgIpc) is 2.88. The average molecular weight is 483 g/mol. The van der Waals surface area contributed by atoms with E-state index in [0.29, 0.717) is 29.8 Å². The largest absolute Gasteiger partial charge is 0.364 e. The summed E-state index contributed by atoms with van der Waals surface area (Å²) in [5.74, 6) is -0.279. The van der Waals surface area contributed by atoms with Crippen LogP contribution in [0.2, 0.25) is 0 Å². The smallest absolute Gasteiger partial charge is 0.252 e. The van der Waals surface area contributed by atoms with Crippen molar-refractivity contribution in [2.45, 2.75) is 32.0 Å². The minimum absolute atomic E-state index is 0.0174. The van der Waals surface area contributed by atoms with Crippen LogP contribution in [0.15, 0.2) is 71.7 Å². The number of halogens is 1. The predicted molar refractivity (Wildman–Crippen MR) is 137 cm³/mol. The van der Waals surface area contributed by atoms with Crippen molar-refractivity contribution < 1.29 is 4.39 Å². The van der Waals surface area contributed by atoms with Gasteiger partial charge in [-0.25, -0.2) is 9.37 Å². The standard InChI is InChI=1S/C28H27FN6O/c1-18-17-35(28(23-9-4-5-12-31-23)20-7-6-8-21(29)13-20)19(2)16-34(18)25-14-26(36)33(3)24-11-10-22(15-30)32-27(24)25/h4-14,18-19,28H,16-17H2,1-3H3/t18-,19?,28?/m0/s1. The van der Waals surface area contributed by atoms with E-state index in [1.54, 1.807) is 48.1 Å². The van der Waals surface area contributed by atoms with E-state index in [0.717, 1.165) is 16.9 Å². The molecule has 1 aliphatic heterocycles. The van der Waals surface area contributed by atoms with E-state index >= 15 is 0 Å². The molecule has 0 radical (unpaired) electrons. The molecule has 4 heterocycles. The van der Waals surface area contributed by atoms with Crippen LogP contribution >= 0.6 is 0 Å². The Hall–Kier alpha value is -4.09. The van der Waals surface area contributed by atoms with Gasteiger partial charge in [0.15, 0.2) is 0 Å². The van der Waals surface area contributed by atoms with Gasteiger partial charge in [0.05, 0.1) is 22.9 Å². The number of hydrogen-bond donors (Lipinski definition) is 0. The van der Waals surface area contributed by atoms with Crippen LogP contribution < -0.4 is 10.5 Å². The molecule has 4 aromatic rings. The SMILES string of the molecule is CC1CN(c2cc(=O)n(C)c3ccc(C#N)nc23)[C@@H](C)CN1C(c1cccc(F)c1)c1ccccn1. The fraction of sp³-hybridized carbons (Fsp3) is 0.286. The van der Waals surface area contributed by atoms with E-state index in [4.69, 9.17) is 0 Å². The first-order valence-electron chi connectivity index (χ1n) is 12.0. The Morgan fingerprint density at radius 1 is 1.06 bits per heavy atom. The molecule has 2 unspecified atom stereocenters. The summed E-state index contributed by atoms with van der Waals surface area (Å²) in [6, 6.07) is 19.5. The molecule has 0 bridgehead atoms. The minimum Gasteiger partial charge on any atom is -0.364 e. The normalized spacial score (nSPS) is 19.2. The molecule has 0 saturated carbocycles. The van der Waals surface area contributed by atoms with E-state index < -0.39 is 0 Å². The van der Waals surface area contributed by atoms with Gasteiger partial charge in [0.25, 0.3) is 5.56 Å². The fourth-order valence-electron chi connectivity index (χ4n) is 5.19. The van der Waals surface area contributed by atoms with Crippen molar-refractivity contribution in [3.05, 3.63) is 100.0 Å². The van der Waals surface area contributed by atoms with Gasteiger partial charge in [-0.2, -0.15) is 5.26 Å². The number of hydrogen-bond acceptors (Lipinski definition) is 6. The van der Waals surface area contributed by atoms with Crippen molar-refractivity contribution in [3.8, 4) is 6.07 Å². The molecule has 1 fully saturated rings. The molecule has 3 atom stereocenters. The van der Waals surface area contributed by atoms with E-state index in [-0.39, 0.29) is 29.5 Å². The number of aryl methyl sites for hydroxylation is 1. The number of piperazine rings is 1. The van der Waals surface area contributed by atoms with Gasteiger partial charge in [0.2, 0.25) is 0 Å². The molecule has 3 aromatic heterocycles. The molecule has 8 heteroatoms. The van der Waals surface area contributed by atoms with Crippen LogP contribution in [0.1, 0.15) is 36.8 Å².